The van der Waals surface area contributed by atoms with Crippen LogP contribution in [-0.4, -0.2) is 25.7 Å². The Balaban J connectivity index is 3.75. The summed E-state index contributed by atoms with van der Waals surface area (Å²) in [6, 6.07) is 0.0482. The van der Waals surface area contributed by atoms with Crippen molar-refractivity contribution in [2.75, 3.05) is 13.7 Å². The lowest BCUT2D eigenvalue weighted by Crippen LogP contribution is -2.34. The van der Waals surface area contributed by atoms with Crippen LogP contribution in [0.25, 0.3) is 0 Å². The SMILES string of the molecule is C#CC(CC)NCC(C)C(=O)OC. The highest BCUT2D eigenvalue weighted by Crippen LogP contribution is 1.97. The van der Waals surface area contributed by atoms with Crippen molar-refractivity contribution in [2.24, 2.45) is 5.92 Å². The monoisotopic (exact) mass is 183 g/mol. The number of hydrogen-bond acceptors (Lipinski definition) is 3. The molecule has 13 heavy (non-hydrogen) atoms. The van der Waals surface area contributed by atoms with Crippen LogP contribution >= 0.6 is 0 Å². The van der Waals surface area contributed by atoms with E-state index in [1.165, 1.54) is 7.11 Å². The van der Waals surface area contributed by atoms with Crippen molar-refractivity contribution in [1.82, 2.24) is 5.32 Å². The summed E-state index contributed by atoms with van der Waals surface area (Å²) in [6.45, 7) is 4.37. The van der Waals surface area contributed by atoms with Crippen molar-refractivity contribution in [3.8, 4) is 12.3 Å². The molecule has 1 N–H and O–H groups in total. The Hall–Kier alpha value is -1.01. The van der Waals surface area contributed by atoms with E-state index in [2.05, 4.69) is 16.0 Å². The lowest BCUT2D eigenvalue weighted by molar-refractivity contribution is -0.144. The second-order valence-electron chi connectivity index (χ2n) is 2.96. The normalized spacial score (nSPS) is 14.3. The summed E-state index contributed by atoms with van der Waals surface area (Å²) in [6.07, 6.45) is 6.11. The van der Waals surface area contributed by atoms with Gasteiger partial charge >= 0.3 is 5.97 Å². The first-order valence-corrected chi connectivity index (χ1v) is 4.43. The van der Waals surface area contributed by atoms with Gasteiger partial charge in [0.15, 0.2) is 0 Å². The van der Waals surface area contributed by atoms with E-state index >= 15 is 0 Å². The molecule has 0 rings (SSSR count). The Morgan fingerprint density at radius 2 is 2.31 bits per heavy atom. The highest BCUT2D eigenvalue weighted by Gasteiger charge is 2.13. The van der Waals surface area contributed by atoms with E-state index < -0.39 is 0 Å². The number of carbonyl (C=O) groups excluding carboxylic acids is 1. The third kappa shape index (κ3) is 4.54. The number of carbonyl (C=O) groups is 1. The molecule has 0 aliphatic heterocycles. The van der Waals surface area contributed by atoms with Crippen LogP contribution in [0.1, 0.15) is 20.3 Å². The molecule has 0 fully saturated rings. The first-order chi connectivity index (χ1) is 6.15. The summed E-state index contributed by atoms with van der Waals surface area (Å²) in [4.78, 5) is 11.0. The van der Waals surface area contributed by atoms with Crippen molar-refractivity contribution in [2.45, 2.75) is 26.3 Å². The number of methoxy groups -OCH3 is 1. The van der Waals surface area contributed by atoms with Crippen LogP contribution in [0.3, 0.4) is 0 Å². The topological polar surface area (TPSA) is 38.3 Å². The lowest BCUT2D eigenvalue weighted by Gasteiger charge is -2.13. The van der Waals surface area contributed by atoms with Gasteiger partial charge in [0.25, 0.3) is 0 Å². The van der Waals surface area contributed by atoms with Crippen LogP contribution in [0, 0.1) is 18.3 Å². The largest absolute Gasteiger partial charge is 0.469 e. The number of nitrogens with one attached hydrogen (secondary N) is 1. The van der Waals surface area contributed by atoms with E-state index in [0.717, 1.165) is 6.42 Å². The van der Waals surface area contributed by atoms with Gasteiger partial charge < -0.3 is 10.1 Å². The molecule has 0 aromatic carbocycles. The van der Waals surface area contributed by atoms with Crippen LogP contribution in [-0.2, 0) is 9.53 Å². The molecule has 0 saturated heterocycles. The maximum Gasteiger partial charge on any atom is 0.309 e. The van der Waals surface area contributed by atoms with Crippen molar-refractivity contribution in [3.05, 3.63) is 0 Å². The zero-order valence-electron chi connectivity index (χ0n) is 8.46. The minimum atomic E-state index is -0.209. The van der Waals surface area contributed by atoms with Crippen LogP contribution in [0.4, 0.5) is 0 Å². The minimum Gasteiger partial charge on any atom is -0.469 e. The van der Waals surface area contributed by atoms with Gasteiger partial charge in [-0.05, 0) is 6.42 Å². The second-order valence-corrected chi connectivity index (χ2v) is 2.96. The summed E-state index contributed by atoms with van der Waals surface area (Å²) >= 11 is 0. The van der Waals surface area contributed by atoms with E-state index in [4.69, 9.17) is 6.42 Å². The van der Waals surface area contributed by atoms with E-state index in [0.29, 0.717) is 6.54 Å². The summed E-state index contributed by atoms with van der Waals surface area (Å²) in [5, 5.41) is 3.10. The van der Waals surface area contributed by atoms with Gasteiger partial charge in [-0.2, -0.15) is 0 Å². The maximum atomic E-state index is 11.0. The van der Waals surface area contributed by atoms with Crippen molar-refractivity contribution < 1.29 is 9.53 Å². The van der Waals surface area contributed by atoms with Gasteiger partial charge in [-0.1, -0.05) is 19.8 Å². The predicted octanol–water partition coefficient (Wildman–Crippen LogP) is 0.797. The third-order valence-electron chi connectivity index (χ3n) is 1.88. The third-order valence-corrected chi connectivity index (χ3v) is 1.88. The quantitative estimate of drug-likeness (QED) is 0.506. The van der Waals surface area contributed by atoms with Crippen LogP contribution in [0.2, 0.25) is 0 Å². The molecule has 0 amide bonds. The molecule has 0 radical (unpaired) electrons. The molecular formula is C10H17NO2. The summed E-state index contributed by atoms with van der Waals surface area (Å²) in [5.41, 5.74) is 0. The average Bonchev–Trinajstić information content (AvgIpc) is 2.17. The number of rotatable bonds is 5. The zero-order valence-corrected chi connectivity index (χ0v) is 8.46. The molecule has 2 atom stereocenters. The first-order valence-electron chi connectivity index (χ1n) is 4.43. The molecule has 0 spiro atoms. The second kappa shape index (κ2) is 6.50. The van der Waals surface area contributed by atoms with Gasteiger partial charge in [0, 0.05) is 6.54 Å². The molecule has 0 aliphatic carbocycles. The van der Waals surface area contributed by atoms with E-state index in [9.17, 15) is 4.79 Å². The summed E-state index contributed by atoms with van der Waals surface area (Å²) in [5.74, 6) is 2.25. The lowest BCUT2D eigenvalue weighted by atomic mass is 10.1. The molecule has 0 heterocycles. The number of hydrogen-bond donors (Lipinski definition) is 1. The first kappa shape index (κ1) is 12.0. The molecule has 0 aromatic rings. The summed E-state index contributed by atoms with van der Waals surface area (Å²) < 4.78 is 4.58. The van der Waals surface area contributed by atoms with Gasteiger partial charge in [-0.15, -0.1) is 6.42 Å². The minimum absolute atomic E-state index is 0.0482. The number of ether oxygens (including phenoxy) is 1. The molecule has 0 aliphatic rings. The standard InChI is InChI=1S/C10H17NO2/c1-5-9(6-2)11-7-8(3)10(12)13-4/h1,8-9,11H,6-7H2,2-4H3. The Kier molecular flexibility index (Phi) is 5.99. The van der Waals surface area contributed by atoms with E-state index in [-0.39, 0.29) is 17.9 Å². The average molecular weight is 183 g/mol. The fraction of sp³-hybridized carbons (Fsp3) is 0.700. The fourth-order valence-electron chi connectivity index (χ4n) is 0.925. The molecule has 3 heteroatoms. The van der Waals surface area contributed by atoms with E-state index in [1.54, 1.807) is 0 Å². The smallest absolute Gasteiger partial charge is 0.309 e. The van der Waals surface area contributed by atoms with Gasteiger partial charge in [0.2, 0.25) is 0 Å². The number of esters is 1. The molecule has 0 saturated carbocycles. The van der Waals surface area contributed by atoms with E-state index in [1.807, 2.05) is 13.8 Å². The van der Waals surface area contributed by atoms with Gasteiger partial charge in [-0.25, -0.2) is 0 Å². The predicted molar refractivity (Wildman–Crippen MR) is 52.1 cm³/mol. The fourth-order valence-corrected chi connectivity index (χ4v) is 0.925. The van der Waals surface area contributed by atoms with Crippen LogP contribution in [0.15, 0.2) is 0 Å². The maximum absolute atomic E-state index is 11.0. The highest BCUT2D eigenvalue weighted by molar-refractivity contribution is 5.72. The molecule has 2 unspecified atom stereocenters. The molecule has 0 bridgehead atoms. The Morgan fingerprint density at radius 3 is 2.69 bits per heavy atom. The van der Waals surface area contributed by atoms with Gasteiger partial charge in [-0.3, -0.25) is 4.79 Å². The Morgan fingerprint density at radius 1 is 1.69 bits per heavy atom. The van der Waals surface area contributed by atoms with Crippen molar-refractivity contribution in [1.29, 1.82) is 0 Å². The number of terminal acetylenes is 1. The molecule has 74 valence electrons. The highest BCUT2D eigenvalue weighted by atomic mass is 16.5. The Bertz CT molecular complexity index is 196. The van der Waals surface area contributed by atoms with Crippen molar-refractivity contribution >= 4 is 5.97 Å². The molecule has 0 aromatic heterocycles. The van der Waals surface area contributed by atoms with Gasteiger partial charge in [0.1, 0.15) is 0 Å². The van der Waals surface area contributed by atoms with Crippen LogP contribution < -0.4 is 5.32 Å². The zero-order chi connectivity index (χ0) is 10.3. The van der Waals surface area contributed by atoms with Crippen molar-refractivity contribution in [3.63, 3.8) is 0 Å². The van der Waals surface area contributed by atoms with Gasteiger partial charge in [0.05, 0.1) is 19.1 Å². The molecular weight excluding hydrogens is 166 g/mol. The Labute approximate surface area is 79.8 Å². The molecule has 3 nitrogen and oxygen atoms in total. The summed E-state index contributed by atoms with van der Waals surface area (Å²) in [7, 11) is 1.39. The van der Waals surface area contributed by atoms with Crippen LogP contribution in [0.5, 0.6) is 0 Å².